The molecular formula is C20H24ClN3O4S. The van der Waals surface area contributed by atoms with Crippen LogP contribution in [0.25, 0.3) is 0 Å². The van der Waals surface area contributed by atoms with Gasteiger partial charge in [-0.1, -0.05) is 30.7 Å². The molecule has 2 N–H and O–H groups in total. The molecular weight excluding hydrogens is 414 g/mol. The first-order valence-electron chi connectivity index (χ1n) is 8.99. The van der Waals surface area contributed by atoms with E-state index in [4.69, 9.17) is 11.6 Å². The van der Waals surface area contributed by atoms with Gasteiger partial charge in [-0.25, -0.2) is 12.7 Å². The number of halogens is 1. The van der Waals surface area contributed by atoms with Gasteiger partial charge in [0.15, 0.2) is 0 Å². The summed E-state index contributed by atoms with van der Waals surface area (Å²) in [6.45, 7) is 3.58. The minimum atomic E-state index is -3.77. The number of hydrogen-bond acceptors (Lipinski definition) is 4. The Kier molecular flexibility index (Phi) is 7.40. The van der Waals surface area contributed by atoms with Crippen molar-refractivity contribution in [1.82, 2.24) is 9.62 Å². The van der Waals surface area contributed by atoms with E-state index in [1.54, 1.807) is 31.2 Å². The van der Waals surface area contributed by atoms with Gasteiger partial charge in [0.05, 0.1) is 11.1 Å². The van der Waals surface area contributed by atoms with Gasteiger partial charge in [-0.2, -0.15) is 0 Å². The molecule has 0 saturated heterocycles. The zero-order valence-electron chi connectivity index (χ0n) is 16.7. The predicted molar refractivity (Wildman–Crippen MR) is 114 cm³/mol. The van der Waals surface area contributed by atoms with Crippen molar-refractivity contribution in [2.45, 2.75) is 31.2 Å². The molecule has 2 amide bonds. The molecule has 0 heterocycles. The van der Waals surface area contributed by atoms with Gasteiger partial charge < -0.3 is 10.6 Å². The molecule has 2 aromatic carbocycles. The zero-order chi connectivity index (χ0) is 21.8. The van der Waals surface area contributed by atoms with E-state index in [0.29, 0.717) is 12.1 Å². The smallest absolute Gasteiger partial charge is 0.251 e. The largest absolute Gasteiger partial charge is 0.346 e. The summed E-state index contributed by atoms with van der Waals surface area (Å²) in [5, 5.41) is 5.64. The van der Waals surface area contributed by atoms with Crippen LogP contribution in [0.4, 0.5) is 5.69 Å². The molecule has 9 heteroatoms. The average molecular weight is 438 g/mol. The maximum atomic E-state index is 12.6. The van der Waals surface area contributed by atoms with Crippen LogP contribution < -0.4 is 10.6 Å². The number of hydrogen-bond donors (Lipinski definition) is 2. The van der Waals surface area contributed by atoms with E-state index in [0.717, 1.165) is 9.87 Å². The van der Waals surface area contributed by atoms with Gasteiger partial charge in [-0.05, 0) is 42.8 Å². The predicted octanol–water partition coefficient (Wildman–Crippen LogP) is 3.43. The van der Waals surface area contributed by atoms with E-state index >= 15 is 0 Å². The van der Waals surface area contributed by atoms with Crippen molar-refractivity contribution in [2.24, 2.45) is 0 Å². The Hall–Kier alpha value is -2.42. The van der Waals surface area contributed by atoms with Crippen LogP contribution in [0.15, 0.2) is 47.4 Å². The Morgan fingerprint density at radius 3 is 2.28 bits per heavy atom. The number of nitrogens with one attached hydrogen (secondary N) is 2. The highest BCUT2D eigenvalue weighted by Gasteiger charge is 2.23. The number of anilines is 1. The molecule has 0 aliphatic carbocycles. The minimum absolute atomic E-state index is 0.0491. The van der Waals surface area contributed by atoms with Crippen LogP contribution in [0.1, 0.15) is 42.2 Å². The SMILES string of the molecule is CCC(=O)Nc1ccc(C(C)NC(=O)c2ccc(Cl)c(S(=O)(=O)N(C)C)c2)cc1. The number of rotatable bonds is 7. The summed E-state index contributed by atoms with van der Waals surface area (Å²) in [4.78, 5) is 23.9. The Bertz CT molecular complexity index is 1000. The van der Waals surface area contributed by atoms with Crippen molar-refractivity contribution in [1.29, 1.82) is 0 Å². The Morgan fingerprint density at radius 1 is 1.10 bits per heavy atom. The van der Waals surface area contributed by atoms with Crippen LogP contribution in [-0.4, -0.2) is 38.6 Å². The van der Waals surface area contributed by atoms with Gasteiger partial charge in [0.1, 0.15) is 4.90 Å². The monoisotopic (exact) mass is 437 g/mol. The summed E-state index contributed by atoms with van der Waals surface area (Å²) >= 11 is 6.02. The number of sulfonamides is 1. The summed E-state index contributed by atoms with van der Waals surface area (Å²) in [6.07, 6.45) is 0.390. The van der Waals surface area contributed by atoms with Gasteiger partial charge in [0.25, 0.3) is 5.91 Å². The summed E-state index contributed by atoms with van der Waals surface area (Å²) in [6, 6.07) is 10.9. The molecule has 156 valence electrons. The third kappa shape index (κ3) is 5.56. The second-order valence-corrected chi connectivity index (χ2v) is 9.18. The zero-order valence-corrected chi connectivity index (χ0v) is 18.3. The lowest BCUT2D eigenvalue weighted by atomic mass is 10.1. The first-order chi connectivity index (χ1) is 13.6. The second-order valence-electron chi connectivity index (χ2n) is 6.65. The molecule has 7 nitrogen and oxygen atoms in total. The lowest BCUT2D eigenvalue weighted by Gasteiger charge is -2.17. The number of carbonyl (C=O) groups excluding carboxylic acids is 2. The van der Waals surface area contributed by atoms with E-state index in [9.17, 15) is 18.0 Å². The van der Waals surface area contributed by atoms with Crippen molar-refractivity contribution in [3.63, 3.8) is 0 Å². The third-order valence-electron chi connectivity index (χ3n) is 4.32. The third-order valence-corrected chi connectivity index (χ3v) is 6.61. The Balaban J connectivity index is 2.17. The van der Waals surface area contributed by atoms with Crippen LogP contribution in [0, 0.1) is 0 Å². The summed E-state index contributed by atoms with van der Waals surface area (Å²) in [5.41, 5.74) is 1.70. The molecule has 0 aliphatic rings. The van der Waals surface area contributed by atoms with Crippen molar-refractivity contribution >= 4 is 39.1 Å². The molecule has 0 saturated carbocycles. The van der Waals surface area contributed by atoms with E-state index in [1.165, 1.54) is 32.3 Å². The molecule has 1 atom stereocenters. The van der Waals surface area contributed by atoms with Crippen LogP contribution in [0.3, 0.4) is 0 Å². The van der Waals surface area contributed by atoms with Crippen LogP contribution in [0.2, 0.25) is 5.02 Å². The standard InChI is InChI=1S/C20H24ClN3O4S/c1-5-19(25)23-16-9-6-14(7-10-16)13(2)22-20(26)15-8-11-17(21)18(12-15)29(27,28)24(3)4/h6-13H,5H2,1-4H3,(H,22,26)(H,23,25). The quantitative estimate of drug-likeness (QED) is 0.693. The normalized spacial score (nSPS) is 12.5. The number of nitrogens with zero attached hydrogens (tertiary/aromatic N) is 1. The minimum Gasteiger partial charge on any atom is -0.346 e. The van der Waals surface area contributed by atoms with E-state index in [-0.39, 0.29) is 27.4 Å². The maximum absolute atomic E-state index is 12.6. The van der Waals surface area contributed by atoms with Crippen molar-refractivity contribution in [2.75, 3.05) is 19.4 Å². The number of carbonyl (C=O) groups is 2. The van der Waals surface area contributed by atoms with E-state index in [1.807, 2.05) is 6.92 Å². The summed E-state index contributed by atoms with van der Waals surface area (Å²) in [5.74, 6) is -0.502. The summed E-state index contributed by atoms with van der Waals surface area (Å²) in [7, 11) is -0.983. The molecule has 0 fully saturated rings. The highest BCUT2D eigenvalue weighted by atomic mass is 35.5. The van der Waals surface area contributed by atoms with Gasteiger partial charge in [-0.3, -0.25) is 9.59 Å². The van der Waals surface area contributed by atoms with Gasteiger partial charge in [0, 0.05) is 31.8 Å². The fourth-order valence-corrected chi connectivity index (χ4v) is 3.90. The van der Waals surface area contributed by atoms with Crippen molar-refractivity contribution in [3.8, 4) is 0 Å². The molecule has 0 spiro atoms. The number of benzene rings is 2. The highest BCUT2D eigenvalue weighted by molar-refractivity contribution is 7.89. The summed E-state index contributed by atoms with van der Waals surface area (Å²) < 4.78 is 25.8. The fraction of sp³-hybridized carbons (Fsp3) is 0.300. The molecule has 0 aromatic heterocycles. The van der Waals surface area contributed by atoms with Crippen molar-refractivity contribution < 1.29 is 18.0 Å². The van der Waals surface area contributed by atoms with Crippen molar-refractivity contribution in [3.05, 3.63) is 58.6 Å². The number of amides is 2. The maximum Gasteiger partial charge on any atom is 0.251 e. The molecule has 0 radical (unpaired) electrons. The highest BCUT2D eigenvalue weighted by Crippen LogP contribution is 2.25. The Morgan fingerprint density at radius 2 is 1.72 bits per heavy atom. The average Bonchev–Trinajstić information content (AvgIpc) is 2.68. The first-order valence-corrected chi connectivity index (χ1v) is 10.8. The second kappa shape index (κ2) is 9.39. The molecule has 2 rings (SSSR count). The molecule has 0 aliphatic heterocycles. The topological polar surface area (TPSA) is 95.6 Å². The van der Waals surface area contributed by atoms with E-state index < -0.39 is 15.9 Å². The van der Waals surface area contributed by atoms with Gasteiger partial charge in [-0.15, -0.1) is 0 Å². The van der Waals surface area contributed by atoms with Crippen LogP contribution in [0.5, 0.6) is 0 Å². The first kappa shape index (κ1) is 22.9. The molecule has 0 bridgehead atoms. The molecule has 2 aromatic rings. The lowest BCUT2D eigenvalue weighted by molar-refractivity contribution is -0.115. The van der Waals surface area contributed by atoms with Gasteiger partial charge >= 0.3 is 0 Å². The molecule has 29 heavy (non-hydrogen) atoms. The van der Waals surface area contributed by atoms with Crippen LogP contribution in [-0.2, 0) is 14.8 Å². The lowest BCUT2D eigenvalue weighted by Crippen LogP contribution is -2.27. The van der Waals surface area contributed by atoms with Gasteiger partial charge in [0.2, 0.25) is 15.9 Å². The fourth-order valence-electron chi connectivity index (χ4n) is 2.51. The molecule has 1 unspecified atom stereocenters. The Labute approximate surface area is 176 Å². The van der Waals surface area contributed by atoms with E-state index in [2.05, 4.69) is 10.6 Å². The van der Waals surface area contributed by atoms with Crippen LogP contribution >= 0.6 is 11.6 Å².